The van der Waals surface area contributed by atoms with Crippen LogP contribution in [0.1, 0.15) is 19.4 Å². The number of hydrogen-bond acceptors (Lipinski definition) is 2. The minimum absolute atomic E-state index is 0.145. The average Bonchev–Trinajstić information content (AvgIpc) is 2.21. The first-order valence-corrected chi connectivity index (χ1v) is 4.89. The van der Waals surface area contributed by atoms with Crippen LogP contribution in [0.2, 0.25) is 0 Å². The van der Waals surface area contributed by atoms with Gasteiger partial charge in [-0.3, -0.25) is 4.79 Å². The van der Waals surface area contributed by atoms with Crippen LogP contribution in [0.4, 0.5) is 5.69 Å². The van der Waals surface area contributed by atoms with Crippen molar-refractivity contribution in [2.75, 3.05) is 12.4 Å². The summed E-state index contributed by atoms with van der Waals surface area (Å²) in [6.07, 6.45) is 0. The Hall–Kier alpha value is -1.35. The monoisotopic (exact) mass is 207 g/mol. The van der Waals surface area contributed by atoms with E-state index in [2.05, 4.69) is 5.32 Å². The van der Waals surface area contributed by atoms with Crippen molar-refractivity contribution in [1.82, 2.24) is 0 Å². The van der Waals surface area contributed by atoms with Crippen molar-refractivity contribution < 1.29 is 9.53 Å². The summed E-state index contributed by atoms with van der Waals surface area (Å²) < 4.78 is 5.08. The van der Waals surface area contributed by atoms with Crippen LogP contribution in [-0.4, -0.2) is 18.6 Å². The fraction of sp³-hybridized carbons (Fsp3) is 0.417. The Morgan fingerprint density at radius 3 is 2.27 bits per heavy atom. The molecule has 0 aliphatic carbocycles. The zero-order chi connectivity index (χ0) is 11.5. The minimum Gasteiger partial charge on any atom is -0.369 e. The maximum Gasteiger partial charge on any atom is 0.256 e. The lowest BCUT2D eigenvalue weighted by atomic mass is 10.1. The standard InChI is InChI=1S/C12H17NO2/c1-9-5-7-10(8-6-9)13-11(14)12(2,3)15-4/h5-8H,1-4H3,(H,13,14). The number of rotatable bonds is 3. The van der Waals surface area contributed by atoms with E-state index in [4.69, 9.17) is 4.74 Å². The van der Waals surface area contributed by atoms with E-state index in [1.54, 1.807) is 13.8 Å². The number of carbonyl (C=O) groups excluding carboxylic acids is 1. The minimum atomic E-state index is -0.801. The molecule has 0 unspecified atom stereocenters. The van der Waals surface area contributed by atoms with Gasteiger partial charge in [0.2, 0.25) is 0 Å². The van der Waals surface area contributed by atoms with E-state index in [9.17, 15) is 4.79 Å². The molecule has 3 heteroatoms. The maximum absolute atomic E-state index is 11.7. The van der Waals surface area contributed by atoms with Crippen molar-refractivity contribution in [2.45, 2.75) is 26.4 Å². The Labute approximate surface area is 90.4 Å². The van der Waals surface area contributed by atoms with Gasteiger partial charge in [-0.05, 0) is 32.9 Å². The number of aryl methyl sites for hydroxylation is 1. The summed E-state index contributed by atoms with van der Waals surface area (Å²) in [5.74, 6) is -0.145. The third-order valence-corrected chi connectivity index (χ3v) is 2.37. The maximum atomic E-state index is 11.7. The second kappa shape index (κ2) is 4.45. The summed E-state index contributed by atoms with van der Waals surface area (Å²) in [7, 11) is 1.52. The highest BCUT2D eigenvalue weighted by atomic mass is 16.5. The lowest BCUT2D eigenvalue weighted by Gasteiger charge is -2.21. The van der Waals surface area contributed by atoms with Crippen LogP contribution < -0.4 is 5.32 Å². The molecule has 0 fully saturated rings. The fourth-order valence-corrected chi connectivity index (χ4v) is 1.01. The lowest BCUT2D eigenvalue weighted by Crippen LogP contribution is -2.38. The molecule has 1 rings (SSSR count). The summed E-state index contributed by atoms with van der Waals surface area (Å²) in [6, 6.07) is 7.66. The van der Waals surface area contributed by atoms with E-state index < -0.39 is 5.60 Å². The zero-order valence-electron chi connectivity index (χ0n) is 9.63. The van der Waals surface area contributed by atoms with Crippen LogP contribution in [0.25, 0.3) is 0 Å². The van der Waals surface area contributed by atoms with E-state index >= 15 is 0 Å². The highest BCUT2D eigenvalue weighted by molar-refractivity contribution is 5.96. The highest BCUT2D eigenvalue weighted by Crippen LogP contribution is 2.14. The molecule has 0 aliphatic heterocycles. The molecule has 0 saturated heterocycles. The molecule has 0 spiro atoms. The molecule has 0 saturated carbocycles. The van der Waals surface area contributed by atoms with E-state index in [-0.39, 0.29) is 5.91 Å². The summed E-state index contributed by atoms with van der Waals surface area (Å²) in [4.78, 5) is 11.7. The number of nitrogens with one attached hydrogen (secondary N) is 1. The van der Waals surface area contributed by atoms with Crippen LogP contribution in [0.3, 0.4) is 0 Å². The van der Waals surface area contributed by atoms with E-state index in [0.29, 0.717) is 0 Å². The van der Waals surface area contributed by atoms with Gasteiger partial charge in [0.15, 0.2) is 0 Å². The van der Waals surface area contributed by atoms with Gasteiger partial charge in [0.05, 0.1) is 0 Å². The molecule has 0 heterocycles. The number of methoxy groups -OCH3 is 1. The summed E-state index contributed by atoms with van der Waals surface area (Å²) in [5, 5.41) is 2.80. The first-order chi connectivity index (χ1) is 6.95. The molecular formula is C12H17NO2. The van der Waals surface area contributed by atoms with Gasteiger partial charge in [-0.25, -0.2) is 0 Å². The normalized spacial score (nSPS) is 11.2. The topological polar surface area (TPSA) is 38.3 Å². The van der Waals surface area contributed by atoms with E-state index in [1.807, 2.05) is 31.2 Å². The van der Waals surface area contributed by atoms with Crippen LogP contribution in [0.15, 0.2) is 24.3 Å². The molecule has 3 nitrogen and oxygen atoms in total. The molecular weight excluding hydrogens is 190 g/mol. The Morgan fingerprint density at radius 1 is 1.27 bits per heavy atom. The van der Waals surface area contributed by atoms with Crippen molar-refractivity contribution in [2.24, 2.45) is 0 Å². The summed E-state index contributed by atoms with van der Waals surface area (Å²) in [6.45, 7) is 5.47. The number of anilines is 1. The van der Waals surface area contributed by atoms with Crippen molar-refractivity contribution in [3.63, 3.8) is 0 Å². The predicted molar refractivity (Wildman–Crippen MR) is 60.9 cm³/mol. The lowest BCUT2D eigenvalue weighted by molar-refractivity contribution is -0.133. The fourth-order valence-electron chi connectivity index (χ4n) is 1.01. The number of benzene rings is 1. The molecule has 0 atom stereocenters. The third kappa shape index (κ3) is 3.06. The van der Waals surface area contributed by atoms with Gasteiger partial charge in [-0.15, -0.1) is 0 Å². The van der Waals surface area contributed by atoms with Gasteiger partial charge in [0.1, 0.15) is 5.60 Å². The van der Waals surface area contributed by atoms with E-state index in [1.165, 1.54) is 12.7 Å². The summed E-state index contributed by atoms with van der Waals surface area (Å²) in [5.41, 5.74) is 1.15. The molecule has 1 N–H and O–H groups in total. The molecule has 82 valence electrons. The smallest absolute Gasteiger partial charge is 0.256 e. The Balaban J connectivity index is 2.71. The zero-order valence-corrected chi connectivity index (χ0v) is 9.63. The average molecular weight is 207 g/mol. The predicted octanol–water partition coefficient (Wildman–Crippen LogP) is 2.36. The summed E-state index contributed by atoms with van der Waals surface area (Å²) >= 11 is 0. The van der Waals surface area contributed by atoms with Crippen LogP contribution in [-0.2, 0) is 9.53 Å². The van der Waals surface area contributed by atoms with Crippen molar-refractivity contribution >= 4 is 11.6 Å². The first kappa shape index (κ1) is 11.7. The van der Waals surface area contributed by atoms with Crippen molar-refractivity contribution in [1.29, 1.82) is 0 Å². The van der Waals surface area contributed by atoms with Gasteiger partial charge < -0.3 is 10.1 Å². The quantitative estimate of drug-likeness (QED) is 0.826. The SMILES string of the molecule is COC(C)(C)C(=O)Nc1ccc(C)cc1. The molecule has 0 aliphatic rings. The number of hydrogen-bond donors (Lipinski definition) is 1. The van der Waals surface area contributed by atoms with Crippen LogP contribution >= 0.6 is 0 Å². The molecule has 0 radical (unpaired) electrons. The molecule has 1 aromatic rings. The molecule has 1 aromatic carbocycles. The highest BCUT2D eigenvalue weighted by Gasteiger charge is 2.26. The first-order valence-electron chi connectivity index (χ1n) is 4.89. The molecule has 15 heavy (non-hydrogen) atoms. The largest absolute Gasteiger partial charge is 0.369 e. The second-order valence-corrected chi connectivity index (χ2v) is 4.03. The molecule has 1 amide bonds. The Morgan fingerprint density at radius 2 is 1.80 bits per heavy atom. The van der Waals surface area contributed by atoms with Crippen LogP contribution in [0, 0.1) is 6.92 Å². The van der Waals surface area contributed by atoms with Gasteiger partial charge in [0, 0.05) is 12.8 Å². The van der Waals surface area contributed by atoms with Crippen LogP contribution in [0.5, 0.6) is 0 Å². The van der Waals surface area contributed by atoms with Gasteiger partial charge in [-0.2, -0.15) is 0 Å². The molecule has 0 bridgehead atoms. The number of carbonyl (C=O) groups is 1. The number of amides is 1. The number of ether oxygens (including phenoxy) is 1. The Bertz CT molecular complexity index is 341. The third-order valence-electron chi connectivity index (χ3n) is 2.37. The second-order valence-electron chi connectivity index (χ2n) is 4.03. The van der Waals surface area contributed by atoms with E-state index in [0.717, 1.165) is 5.69 Å². The van der Waals surface area contributed by atoms with Gasteiger partial charge >= 0.3 is 0 Å². The van der Waals surface area contributed by atoms with Gasteiger partial charge in [0.25, 0.3) is 5.91 Å². The Kier molecular flexibility index (Phi) is 3.48. The molecule has 0 aromatic heterocycles. The van der Waals surface area contributed by atoms with Gasteiger partial charge in [-0.1, -0.05) is 17.7 Å². The van der Waals surface area contributed by atoms with Crippen molar-refractivity contribution in [3.05, 3.63) is 29.8 Å². The van der Waals surface area contributed by atoms with Crippen molar-refractivity contribution in [3.8, 4) is 0 Å².